The monoisotopic (exact) mass is 683 g/mol. The molecule has 0 spiro atoms. The molecule has 0 radical (unpaired) electrons. The number of nitrogens with one attached hydrogen (secondary N) is 3. The van der Waals surface area contributed by atoms with E-state index in [0.717, 1.165) is 81.5 Å². The molecule has 3 aliphatic rings. The molecule has 11 heteroatoms. The van der Waals surface area contributed by atoms with Gasteiger partial charge in [-0.25, -0.2) is 19.2 Å². The molecule has 0 unspecified atom stereocenters. The quantitative estimate of drug-likeness (QED) is 0.163. The smallest absolute Gasteiger partial charge is 0.321 e. The summed E-state index contributed by atoms with van der Waals surface area (Å²) >= 11 is 0. The zero-order valence-electron chi connectivity index (χ0n) is 29.4. The molecule has 5 heterocycles. The number of β-amino-alcohol motifs (C(OH)–C–C–N with tert-alkyl or cyclic N) is 1. The van der Waals surface area contributed by atoms with Crippen LogP contribution in [0.3, 0.4) is 0 Å². The Labute approximate surface area is 293 Å². The second-order valence-corrected chi connectivity index (χ2v) is 14.8. The van der Waals surface area contributed by atoms with Crippen molar-refractivity contribution < 1.29 is 19.0 Å². The minimum atomic E-state index is -0.562. The van der Waals surface area contributed by atoms with Crippen LogP contribution in [0.2, 0.25) is 0 Å². The molecule has 0 bridgehead atoms. The van der Waals surface area contributed by atoms with E-state index in [1.807, 2.05) is 13.0 Å². The summed E-state index contributed by atoms with van der Waals surface area (Å²) in [5.41, 5.74) is 6.10. The predicted molar refractivity (Wildman–Crippen MR) is 194 cm³/mol. The molecule has 7 rings (SSSR count). The Balaban J connectivity index is 1.02. The summed E-state index contributed by atoms with van der Waals surface area (Å²) in [6.45, 7) is 11.9. The Kier molecular flexibility index (Phi) is 10.5. The SMILES string of the molecule is Cc1c(NC(=O)N2C[C@H](CC(C)C)[C@@H](O)C2)cc(F)cc1-c1ncnc2[nH]c(-c3ccc(CN4CCC(OC5CCNCC5)CC4)cc3)cc12. The van der Waals surface area contributed by atoms with Crippen LogP contribution < -0.4 is 10.6 Å². The van der Waals surface area contributed by atoms with Crippen molar-refractivity contribution in [2.45, 2.75) is 77.7 Å². The Morgan fingerprint density at radius 2 is 1.78 bits per heavy atom. The van der Waals surface area contributed by atoms with Crippen LogP contribution in [-0.4, -0.2) is 93.5 Å². The van der Waals surface area contributed by atoms with Crippen LogP contribution in [0.15, 0.2) is 48.8 Å². The van der Waals surface area contributed by atoms with Gasteiger partial charge in [-0.3, -0.25) is 4.90 Å². The largest absolute Gasteiger partial charge is 0.391 e. The van der Waals surface area contributed by atoms with Gasteiger partial charge in [0.25, 0.3) is 0 Å². The second kappa shape index (κ2) is 15.1. The standard InChI is InChI=1S/C39H50FN7O3/c1-24(2)16-28-21-47(22-36(28)48)39(49)45-34-18-29(40)17-32(25(34)3)37-33-19-35(44-38(33)43-23-42-37)27-6-4-26(5-7-27)20-46-14-10-31(11-15-46)50-30-8-12-41-13-9-30/h4-7,17-19,23-24,28,30-31,36,41,48H,8-16,20-22H2,1-3H3,(H,45,49)(H,42,43,44)/t28-,36-/m0/s1. The first-order chi connectivity index (χ1) is 24.2. The number of aromatic nitrogens is 3. The van der Waals surface area contributed by atoms with Gasteiger partial charge in [-0.1, -0.05) is 38.1 Å². The van der Waals surface area contributed by atoms with Crippen LogP contribution in [0.25, 0.3) is 33.5 Å². The molecule has 10 nitrogen and oxygen atoms in total. The zero-order chi connectivity index (χ0) is 34.8. The topological polar surface area (TPSA) is 119 Å². The minimum absolute atomic E-state index is 0.0328. The van der Waals surface area contributed by atoms with E-state index >= 15 is 4.39 Å². The van der Waals surface area contributed by atoms with Crippen LogP contribution in [0.1, 0.15) is 57.1 Å². The number of urea groups is 1. The lowest BCUT2D eigenvalue weighted by Crippen LogP contribution is -2.40. The number of fused-ring (bicyclic) bond motifs is 1. The molecule has 3 saturated heterocycles. The number of piperidine rings is 2. The molecule has 50 heavy (non-hydrogen) atoms. The van der Waals surface area contributed by atoms with E-state index in [2.05, 4.69) is 68.6 Å². The lowest BCUT2D eigenvalue weighted by atomic mass is 9.95. The maximum Gasteiger partial charge on any atom is 0.321 e. The first-order valence-electron chi connectivity index (χ1n) is 18.3. The number of halogens is 1. The highest BCUT2D eigenvalue weighted by molar-refractivity contribution is 5.97. The van der Waals surface area contributed by atoms with Crippen molar-refractivity contribution in [2.75, 3.05) is 44.6 Å². The van der Waals surface area contributed by atoms with Gasteiger partial charge in [0, 0.05) is 61.0 Å². The normalized spacial score (nSPS) is 21.0. The molecule has 2 amide bonds. The van der Waals surface area contributed by atoms with Crippen molar-refractivity contribution in [3.05, 3.63) is 65.7 Å². The number of hydrogen-bond acceptors (Lipinski definition) is 7. The van der Waals surface area contributed by atoms with Crippen LogP contribution in [0.5, 0.6) is 0 Å². The van der Waals surface area contributed by atoms with Gasteiger partial charge < -0.3 is 30.4 Å². The van der Waals surface area contributed by atoms with Gasteiger partial charge in [0.1, 0.15) is 17.8 Å². The molecule has 4 N–H and O–H groups in total. The third kappa shape index (κ3) is 7.86. The summed E-state index contributed by atoms with van der Waals surface area (Å²) in [7, 11) is 0. The summed E-state index contributed by atoms with van der Waals surface area (Å²) < 4.78 is 21.5. The lowest BCUT2D eigenvalue weighted by Gasteiger charge is -2.35. The Hall–Kier alpha value is -3.90. The van der Waals surface area contributed by atoms with Crippen molar-refractivity contribution in [2.24, 2.45) is 11.8 Å². The van der Waals surface area contributed by atoms with E-state index in [9.17, 15) is 9.90 Å². The number of rotatable bonds is 9. The number of benzene rings is 2. The molecule has 0 aliphatic carbocycles. The zero-order valence-corrected chi connectivity index (χ0v) is 29.4. The van der Waals surface area contributed by atoms with Crippen LogP contribution in [0.4, 0.5) is 14.9 Å². The number of aliphatic hydroxyl groups is 1. The molecular formula is C39H50FN7O3. The number of nitrogens with zero attached hydrogens (tertiary/aromatic N) is 4. The third-order valence-corrected chi connectivity index (χ3v) is 10.6. The molecule has 0 saturated carbocycles. The van der Waals surface area contributed by atoms with Crippen molar-refractivity contribution in [3.63, 3.8) is 0 Å². The molecule has 2 aromatic heterocycles. The van der Waals surface area contributed by atoms with E-state index in [1.54, 1.807) is 4.90 Å². The summed E-state index contributed by atoms with van der Waals surface area (Å²) in [6.07, 6.45) is 6.95. The number of aromatic amines is 1. The van der Waals surface area contributed by atoms with Gasteiger partial charge in [-0.2, -0.15) is 0 Å². The molecule has 3 aliphatic heterocycles. The van der Waals surface area contributed by atoms with Crippen molar-refractivity contribution in [1.82, 2.24) is 30.1 Å². The van der Waals surface area contributed by atoms with Crippen molar-refractivity contribution >= 4 is 22.8 Å². The van der Waals surface area contributed by atoms with E-state index in [4.69, 9.17) is 4.74 Å². The Bertz CT molecular complexity index is 1780. The fourth-order valence-corrected chi connectivity index (χ4v) is 7.87. The van der Waals surface area contributed by atoms with Crippen LogP contribution in [0, 0.1) is 24.6 Å². The molecule has 2 aromatic carbocycles. The fourth-order valence-electron chi connectivity index (χ4n) is 7.87. The molecule has 3 fully saturated rings. The van der Waals surface area contributed by atoms with Gasteiger partial charge in [0.05, 0.1) is 24.0 Å². The summed E-state index contributed by atoms with van der Waals surface area (Å²) in [5.74, 6) is -0.0196. The van der Waals surface area contributed by atoms with E-state index in [1.165, 1.54) is 24.0 Å². The Morgan fingerprint density at radius 3 is 2.52 bits per heavy atom. The van der Waals surface area contributed by atoms with Crippen molar-refractivity contribution in [3.8, 4) is 22.5 Å². The number of likely N-dealkylation sites (tertiary alicyclic amines) is 2. The lowest BCUT2D eigenvalue weighted by molar-refractivity contribution is -0.0539. The molecule has 2 atom stereocenters. The minimum Gasteiger partial charge on any atom is -0.391 e. The number of carbonyl (C=O) groups is 1. The number of anilines is 1. The second-order valence-electron chi connectivity index (χ2n) is 14.8. The molecule has 4 aromatic rings. The van der Waals surface area contributed by atoms with E-state index in [-0.39, 0.29) is 18.5 Å². The average Bonchev–Trinajstić information content (AvgIpc) is 3.71. The van der Waals surface area contributed by atoms with E-state index < -0.39 is 11.9 Å². The summed E-state index contributed by atoms with van der Waals surface area (Å²) in [4.78, 5) is 29.8. The number of hydrogen-bond donors (Lipinski definition) is 4. The number of H-pyrrole nitrogens is 1. The number of amides is 2. The van der Waals surface area contributed by atoms with Gasteiger partial charge in [0.15, 0.2) is 0 Å². The van der Waals surface area contributed by atoms with Gasteiger partial charge in [-0.05, 0) is 92.9 Å². The number of ether oxygens (including phenoxy) is 1. The first-order valence-corrected chi connectivity index (χ1v) is 18.3. The first kappa shape index (κ1) is 34.5. The summed E-state index contributed by atoms with van der Waals surface area (Å²) in [5, 5.41) is 17.6. The maximum absolute atomic E-state index is 15.1. The van der Waals surface area contributed by atoms with Crippen LogP contribution in [-0.2, 0) is 11.3 Å². The van der Waals surface area contributed by atoms with Gasteiger partial charge >= 0.3 is 6.03 Å². The van der Waals surface area contributed by atoms with Crippen LogP contribution >= 0.6 is 0 Å². The van der Waals surface area contributed by atoms with E-state index in [0.29, 0.717) is 52.8 Å². The number of carbonyl (C=O) groups excluding carboxylic acids is 1. The predicted octanol–water partition coefficient (Wildman–Crippen LogP) is 6.34. The number of aliphatic hydroxyl groups excluding tert-OH is 1. The van der Waals surface area contributed by atoms with Gasteiger partial charge in [-0.15, -0.1) is 0 Å². The summed E-state index contributed by atoms with van der Waals surface area (Å²) in [6, 6.07) is 13.1. The average molecular weight is 684 g/mol. The Morgan fingerprint density at radius 1 is 1.04 bits per heavy atom. The fraction of sp³-hybridized carbons (Fsp3) is 0.513. The maximum atomic E-state index is 15.1. The molecule has 266 valence electrons. The highest BCUT2D eigenvalue weighted by Crippen LogP contribution is 2.35. The highest BCUT2D eigenvalue weighted by Gasteiger charge is 2.34. The highest BCUT2D eigenvalue weighted by atomic mass is 19.1. The van der Waals surface area contributed by atoms with Gasteiger partial charge in [0.2, 0.25) is 0 Å². The third-order valence-electron chi connectivity index (χ3n) is 10.6. The van der Waals surface area contributed by atoms with Crippen molar-refractivity contribution in [1.29, 1.82) is 0 Å². The molecular weight excluding hydrogens is 633 g/mol.